The topological polar surface area (TPSA) is 94.5 Å². The fourth-order valence-corrected chi connectivity index (χ4v) is 7.11. The predicted octanol–water partition coefficient (Wildman–Crippen LogP) is 3.87. The standard InChI is InChI=1S/C20H39O7PS/c1-12(2)24-10-17-16(9-21)14(5)7-18(17)27-28(22,23)29-11-20-19(25-13(3)4)8-15(6)26-20/h12-21H,7-11H2,1-6H3,(H,22,23)/t14-,15-,16?,17-,18+,19+,20+/m0/s1. The van der Waals surface area contributed by atoms with Gasteiger partial charge in [0.15, 0.2) is 0 Å². The highest BCUT2D eigenvalue weighted by Gasteiger charge is 2.45. The zero-order chi connectivity index (χ0) is 21.8. The Morgan fingerprint density at radius 2 is 1.79 bits per heavy atom. The Morgan fingerprint density at radius 3 is 2.38 bits per heavy atom. The minimum atomic E-state index is -3.88. The lowest BCUT2D eigenvalue weighted by Gasteiger charge is -2.27. The average molecular weight is 455 g/mol. The Labute approximate surface area is 179 Å². The van der Waals surface area contributed by atoms with Crippen molar-refractivity contribution in [1.29, 1.82) is 0 Å². The molecule has 0 spiro atoms. The highest BCUT2D eigenvalue weighted by atomic mass is 32.7. The summed E-state index contributed by atoms with van der Waals surface area (Å²) in [5.74, 6) is 0.456. The molecule has 0 aromatic heterocycles. The molecular weight excluding hydrogens is 415 g/mol. The molecule has 0 radical (unpaired) electrons. The van der Waals surface area contributed by atoms with E-state index < -0.39 is 12.9 Å². The Balaban J connectivity index is 1.95. The van der Waals surface area contributed by atoms with Crippen LogP contribution >= 0.6 is 18.2 Å². The van der Waals surface area contributed by atoms with E-state index >= 15 is 0 Å². The van der Waals surface area contributed by atoms with Crippen molar-refractivity contribution in [3.05, 3.63) is 0 Å². The minimum Gasteiger partial charge on any atom is -0.396 e. The summed E-state index contributed by atoms with van der Waals surface area (Å²) in [6.07, 6.45) is 0.920. The fourth-order valence-electron chi connectivity index (χ4n) is 4.31. The van der Waals surface area contributed by atoms with E-state index in [0.29, 0.717) is 18.8 Å². The molecule has 2 fully saturated rings. The molecule has 2 unspecified atom stereocenters. The summed E-state index contributed by atoms with van der Waals surface area (Å²) in [7, 11) is 0. The smallest absolute Gasteiger partial charge is 0.386 e. The first-order valence-electron chi connectivity index (χ1n) is 10.7. The molecule has 1 aliphatic carbocycles. The molecule has 0 aromatic rings. The van der Waals surface area contributed by atoms with Crippen LogP contribution in [0.5, 0.6) is 0 Å². The van der Waals surface area contributed by atoms with E-state index in [9.17, 15) is 14.6 Å². The Kier molecular flexibility index (Phi) is 9.96. The predicted molar refractivity (Wildman–Crippen MR) is 115 cm³/mol. The maximum absolute atomic E-state index is 12.8. The van der Waals surface area contributed by atoms with E-state index in [4.69, 9.17) is 18.7 Å². The second-order valence-corrected chi connectivity index (χ2v) is 12.9. The molecule has 1 heterocycles. The third-order valence-corrected chi connectivity index (χ3v) is 8.72. The molecule has 2 aliphatic rings. The zero-order valence-corrected chi connectivity index (χ0v) is 20.2. The number of ether oxygens (including phenoxy) is 3. The van der Waals surface area contributed by atoms with Gasteiger partial charge in [0, 0.05) is 24.7 Å². The summed E-state index contributed by atoms with van der Waals surface area (Å²) in [6, 6.07) is 0. The fraction of sp³-hybridized carbons (Fsp3) is 1.00. The molecular formula is C20H39O7PS. The molecule has 7 nitrogen and oxygen atoms in total. The van der Waals surface area contributed by atoms with Gasteiger partial charge >= 0.3 is 6.80 Å². The number of rotatable bonds is 11. The summed E-state index contributed by atoms with van der Waals surface area (Å²) in [5, 5.41) is 9.78. The summed E-state index contributed by atoms with van der Waals surface area (Å²) >= 11 is 0.913. The van der Waals surface area contributed by atoms with Crippen LogP contribution in [0.15, 0.2) is 0 Å². The molecule has 2 rings (SSSR count). The van der Waals surface area contributed by atoms with E-state index in [1.165, 1.54) is 0 Å². The molecule has 1 aliphatic heterocycles. The van der Waals surface area contributed by atoms with Crippen LogP contribution in [0.4, 0.5) is 0 Å². The molecule has 1 saturated heterocycles. The van der Waals surface area contributed by atoms with Crippen LogP contribution in [0.25, 0.3) is 0 Å². The van der Waals surface area contributed by atoms with Crippen LogP contribution in [-0.4, -0.2) is 65.6 Å². The second kappa shape index (κ2) is 11.3. The Bertz CT molecular complexity index is 547. The van der Waals surface area contributed by atoms with Crippen LogP contribution < -0.4 is 0 Å². The first kappa shape index (κ1) is 25.6. The van der Waals surface area contributed by atoms with Crippen molar-refractivity contribution in [2.75, 3.05) is 19.0 Å². The highest BCUT2D eigenvalue weighted by Crippen LogP contribution is 2.59. The molecule has 0 bridgehead atoms. The van der Waals surface area contributed by atoms with Gasteiger partial charge in [-0.1, -0.05) is 6.92 Å². The van der Waals surface area contributed by atoms with E-state index in [0.717, 1.165) is 17.8 Å². The van der Waals surface area contributed by atoms with Crippen LogP contribution in [0.3, 0.4) is 0 Å². The molecule has 9 heteroatoms. The van der Waals surface area contributed by atoms with Crippen molar-refractivity contribution in [2.24, 2.45) is 17.8 Å². The lowest BCUT2D eigenvalue weighted by Crippen LogP contribution is -2.30. The summed E-state index contributed by atoms with van der Waals surface area (Å²) in [5.41, 5.74) is 0. The Hall–Kier alpha value is 0.340. The Morgan fingerprint density at radius 1 is 1.10 bits per heavy atom. The van der Waals surface area contributed by atoms with Gasteiger partial charge in [-0.3, -0.25) is 4.52 Å². The number of aliphatic hydroxyl groups is 1. The SMILES string of the molecule is CC(C)OC[C@H]1C(CO)[C@@H](C)C[C@H]1OP(=O)(O)SC[C@H]1O[C@@H](C)C[C@H]1OC(C)C. The van der Waals surface area contributed by atoms with Gasteiger partial charge in [-0.15, -0.1) is 0 Å². The lowest BCUT2D eigenvalue weighted by atomic mass is 9.91. The van der Waals surface area contributed by atoms with Gasteiger partial charge in [0.2, 0.25) is 0 Å². The van der Waals surface area contributed by atoms with Crippen LogP contribution in [0, 0.1) is 17.8 Å². The monoisotopic (exact) mass is 454 g/mol. The van der Waals surface area contributed by atoms with E-state index in [-0.39, 0.29) is 54.9 Å². The highest BCUT2D eigenvalue weighted by molar-refractivity contribution is 8.54. The first-order chi connectivity index (χ1) is 13.5. The van der Waals surface area contributed by atoms with Crippen LogP contribution in [0.2, 0.25) is 0 Å². The van der Waals surface area contributed by atoms with Crippen molar-refractivity contribution >= 4 is 18.2 Å². The van der Waals surface area contributed by atoms with E-state index in [1.807, 2.05) is 41.5 Å². The van der Waals surface area contributed by atoms with Crippen molar-refractivity contribution < 1.29 is 33.3 Å². The largest absolute Gasteiger partial charge is 0.396 e. The number of hydrogen-bond acceptors (Lipinski definition) is 7. The quantitative estimate of drug-likeness (QED) is 0.455. The van der Waals surface area contributed by atoms with Gasteiger partial charge in [0.25, 0.3) is 0 Å². The van der Waals surface area contributed by atoms with Crippen molar-refractivity contribution in [3.8, 4) is 0 Å². The van der Waals surface area contributed by atoms with Gasteiger partial charge in [-0.2, -0.15) is 0 Å². The van der Waals surface area contributed by atoms with Gasteiger partial charge in [0.1, 0.15) is 0 Å². The first-order valence-corrected chi connectivity index (χ1v) is 13.9. The van der Waals surface area contributed by atoms with E-state index in [2.05, 4.69) is 0 Å². The van der Waals surface area contributed by atoms with Crippen molar-refractivity contribution in [1.82, 2.24) is 0 Å². The van der Waals surface area contributed by atoms with Crippen LogP contribution in [-0.2, 0) is 23.3 Å². The minimum absolute atomic E-state index is 0.00610. The van der Waals surface area contributed by atoms with Gasteiger partial charge in [-0.25, -0.2) is 4.57 Å². The average Bonchev–Trinajstić information content (AvgIpc) is 3.08. The van der Waals surface area contributed by atoms with E-state index in [1.54, 1.807) is 0 Å². The van der Waals surface area contributed by atoms with Crippen molar-refractivity contribution in [2.45, 2.75) is 91.0 Å². The maximum Gasteiger partial charge on any atom is 0.386 e. The third-order valence-electron chi connectivity index (χ3n) is 5.70. The number of hydrogen-bond donors (Lipinski definition) is 2. The summed E-state index contributed by atoms with van der Waals surface area (Å²) < 4.78 is 36.1. The molecule has 2 N–H and O–H groups in total. The maximum atomic E-state index is 12.8. The summed E-state index contributed by atoms with van der Waals surface area (Å²) in [4.78, 5) is 10.5. The van der Waals surface area contributed by atoms with Gasteiger partial charge in [-0.05, 0) is 64.3 Å². The summed E-state index contributed by atoms with van der Waals surface area (Å²) in [6.45, 7) is 8.45. The normalized spacial score (nSPS) is 37.5. The van der Waals surface area contributed by atoms with Gasteiger partial charge < -0.3 is 24.2 Å². The van der Waals surface area contributed by atoms with Gasteiger partial charge in [0.05, 0.1) is 43.2 Å². The molecule has 1 saturated carbocycles. The van der Waals surface area contributed by atoms with Crippen LogP contribution in [0.1, 0.15) is 54.4 Å². The molecule has 8 atom stereocenters. The molecule has 0 aromatic carbocycles. The number of aliphatic hydroxyl groups excluding tert-OH is 1. The second-order valence-electron chi connectivity index (χ2n) is 8.96. The lowest BCUT2D eigenvalue weighted by molar-refractivity contribution is -0.0339. The molecule has 172 valence electrons. The molecule has 0 amide bonds. The molecule has 29 heavy (non-hydrogen) atoms. The van der Waals surface area contributed by atoms with Crippen molar-refractivity contribution in [3.63, 3.8) is 0 Å². The zero-order valence-electron chi connectivity index (χ0n) is 18.5. The third kappa shape index (κ3) is 7.76.